The Hall–Kier alpha value is -0.920. The Morgan fingerprint density at radius 2 is 1.16 bits per heavy atom. The van der Waals surface area contributed by atoms with Gasteiger partial charge in [-0.05, 0) is 22.3 Å². The highest BCUT2D eigenvalue weighted by molar-refractivity contribution is 5.27. The summed E-state index contributed by atoms with van der Waals surface area (Å²) in [6, 6.07) is 2.09. The van der Waals surface area contributed by atoms with Crippen molar-refractivity contribution in [1.82, 2.24) is 9.97 Å². The molecular formula is C17H30N2. The van der Waals surface area contributed by atoms with Gasteiger partial charge in [-0.25, -0.2) is 9.97 Å². The predicted octanol–water partition coefficient (Wildman–Crippen LogP) is 4.85. The molecule has 2 heteroatoms. The van der Waals surface area contributed by atoms with Crippen molar-refractivity contribution in [1.29, 1.82) is 0 Å². The van der Waals surface area contributed by atoms with Crippen molar-refractivity contribution in [3.8, 4) is 0 Å². The first-order chi connectivity index (χ1) is 8.36. The number of hydrogen-bond acceptors (Lipinski definition) is 2. The van der Waals surface area contributed by atoms with Gasteiger partial charge in [0.1, 0.15) is 6.33 Å². The van der Waals surface area contributed by atoms with Gasteiger partial charge in [-0.15, -0.1) is 0 Å². The topological polar surface area (TPSA) is 25.8 Å². The summed E-state index contributed by atoms with van der Waals surface area (Å²) in [5, 5.41) is 0. The maximum atomic E-state index is 4.64. The highest BCUT2D eigenvalue weighted by Crippen LogP contribution is 2.61. The van der Waals surface area contributed by atoms with Crippen LogP contribution in [0, 0.1) is 16.2 Å². The maximum Gasteiger partial charge on any atom is 0.115 e. The van der Waals surface area contributed by atoms with Gasteiger partial charge in [0.25, 0.3) is 0 Å². The number of rotatable bonds is 1. The van der Waals surface area contributed by atoms with Gasteiger partial charge in [0, 0.05) is 11.6 Å². The molecule has 0 saturated heterocycles. The minimum Gasteiger partial charge on any atom is -0.245 e. The lowest BCUT2D eigenvalue weighted by Crippen LogP contribution is -2.58. The first-order valence-electron chi connectivity index (χ1n) is 7.12. The van der Waals surface area contributed by atoms with Crippen LogP contribution in [-0.4, -0.2) is 9.97 Å². The SMILES string of the molecule is CC(C)(C)C(c1ccncn1)(C(C)(C)C)C(C)(C)C. The van der Waals surface area contributed by atoms with E-state index in [0.29, 0.717) is 0 Å². The average Bonchev–Trinajstić information content (AvgIpc) is 2.12. The van der Waals surface area contributed by atoms with E-state index in [9.17, 15) is 0 Å². The van der Waals surface area contributed by atoms with Crippen molar-refractivity contribution in [3.05, 3.63) is 24.3 Å². The predicted molar refractivity (Wildman–Crippen MR) is 82.1 cm³/mol. The zero-order valence-corrected chi connectivity index (χ0v) is 14.1. The molecule has 1 aromatic rings. The smallest absolute Gasteiger partial charge is 0.115 e. The van der Waals surface area contributed by atoms with E-state index < -0.39 is 0 Å². The van der Waals surface area contributed by atoms with Gasteiger partial charge in [0.2, 0.25) is 0 Å². The molecule has 0 amide bonds. The molecule has 19 heavy (non-hydrogen) atoms. The molecule has 0 radical (unpaired) electrons. The summed E-state index contributed by atoms with van der Waals surface area (Å²) in [5.74, 6) is 0. The molecule has 1 aromatic heterocycles. The number of hydrogen-bond donors (Lipinski definition) is 0. The van der Waals surface area contributed by atoms with Crippen LogP contribution in [0.25, 0.3) is 0 Å². The number of nitrogens with zero attached hydrogens (tertiary/aromatic N) is 2. The molecule has 0 bridgehead atoms. The summed E-state index contributed by atoms with van der Waals surface area (Å²) in [6.45, 7) is 20.9. The Morgan fingerprint density at radius 1 is 0.737 bits per heavy atom. The second kappa shape index (κ2) is 4.57. The zero-order chi connectivity index (χ0) is 15.1. The van der Waals surface area contributed by atoms with Crippen LogP contribution >= 0.6 is 0 Å². The van der Waals surface area contributed by atoms with Gasteiger partial charge < -0.3 is 0 Å². The van der Waals surface area contributed by atoms with E-state index in [-0.39, 0.29) is 21.7 Å². The van der Waals surface area contributed by atoms with E-state index in [4.69, 9.17) is 0 Å². The van der Waals surface area contributed by atoms with Gasteiger partial charge in [-0.2, -0.15) is 0 Å². The van der Waals surface area contributed by atoms with Gasteiger partial charge in [0.05, 0.1) is 5.69 Å². The van der Waals surface area contributed by atoms with Crippen LogP contribution in [0.1, 0.15) is 68.0 Å². The molecule has 0 saturated carbocycles. The number of aromatic nitrogens is 2. The van der Waals surface area contributed by atoms with Crippen molar-refractivity contribution < 1.29 is 0 Å². The van der Waals surface area contributed by atoms with Crippen LogP contribution in [0.15, 0.2) is 18.6 Å². The first-order valence-corrected chi connectivity index (χ1v) is 7.12. The second-order valence-electron chi connectivity index (χ2n) is 8.59. The molecule has 0 aliphatic rings. The first kappa shape index (κ1) is 16.1. The van der Waals surface area contributed by atoms with E-state index in [2.05, 4.69) is 78.3 Å². The summed E-state index contributed by atoms with van der Waals surface area (Å²) >= 11 is 0. The summed E-state index contributed by atoms with van der Waals surface area (Å²) in [6.07, 6.45) is 3.54. The third-order valence-corrected chi connectivity index (χ3v) is 4.34. The second-order valence-corrected chi connectivity index (χ2v) is 8.59. The van der Waals surface area contributed by atoms with E-state index in [1.165, 1.54) is 0 Å². The minimum absolute atomic E-state index is 0.0457. The summed E-state index contributed by atoms with van der Waals surface area (Å²) in [7, 11) is 0. The molecule has 1 heterocycles. The van der Waals surface area contributed by atoms with Crippen LogP contribution in [0.4, 0.5) is 0 Å². The van der Waals surface area contributed by atoms with Crippen LogP contribution in [0.2, 0.25) is 0 Å². The van der Waals surface area contributed by atoms with Crippen LogP contribution in [-0.2, 0) is 5.41 Å². The third kappa shape index (κ3) is 2.42. The van der Waals surface area contributed by atoms with Gasteiger partial charge in [0.15, 0.2) is 0 Å². The molecule has 1 rings (SSSR count). The Morgan fingerprint density at radius 3 is 1.42 bits per heavy atom. The third-order valence-electron chi connectivity index (χ3n) is 4.34. The standard InChI is InChI=1S/C17H30N2/c1-14(2,3)17(15(4,5)6,16(7,8)9)13-10-11-18-12-19-13/h10-12H,1-9H3. The molecule has 0 unspecified atom stereocenters. The lowest BCUT2D eigenvalue weighted by Gasteiger charge is -2.60. The largest absolute Gasteiger partial charge is 0.245 e. The van der Waals surface area contributed by atoms with Crippen molar-refractivity contribution in [3.63, 3.8) is 0 Å². The quantitative estimate of drug-likeness (QED) is 0.723. The highest BCUT2D eigenvalue weighted by Gasteiger charge is 2.59. The van der Waals surface area contributed by atoms with Crippen LogP contribution < -0.4 is 0 Å². The van der Waals surface area contributed by atoms with E-state index >= 15 is 0 Å². The molecular weight excluding hydrogens is 232 g/mol. The molecule has 108 valence electrons. The molecule has 0 atom stereocenters. The summed E-state index contributed by atoms with van der Waals surface area (Å²) in [4.78, 5) is 8.73. The Bertz CT molecular complexity index is 377. The lowest BCUT2D eigenvalue weighted by atomic mass is 9.43. The van der Waals surface area contributed by atoms with Crippen LogP contribution in [0.3, 0.4) is 0 Å². The van der Waals surface area contributed by atoms with E-state index in [1.54, 1.807) is 6.33 Å². The maximum absolute atomic E-state index is 4.64. The molecule has 0 aromatic carbocycles. The fourth-order valence-corrected chi connectivity index (χ4v) is 5.04. The van der Waals surface area contributed by atoms with Crippen LogP contribution in [0.5, 0.6) is 0 Å². The van der Waals surface area contributed by atoms with Gasteiger partial charge in [-0.1, -0.05) is 62.3 Å². The Balaban J connectivity index is 3.76. The molecule has 0 fully saturated rings. The summed E-state index contributed by atoms with van der Waals surface area (Å²) < 4.78 is 0. The van der Waals surface area contributed by atoms with E-state index in [1.807, 2.05) is 6.20 Å². The normalized spacial score (nSPS) is 14.6. The zero-order valence-electron chi connectivity index (χ0n) is 14.1. The van der Waals surface area contributed by atoms with Crippen molar-refractivity contribution >= 4 is 0 Å². The van der Waals surface area contributed by atoms with Gasteiger partial charge >= 0.3 is 0 Å². The summed E-state index contributed by atoms with van der Waals surface area (Å²) in [5.41, 5.74) is 1.39. The highest BCUT2D eigenvalue weighted by atomic mass is 14.9. The van der Waals surface area contributed by atoms with E-state index in [0.717, 1.165) is 5.69 Å². The Kier molecular flexibility index (Phi) is 3.88. The molecule has 0 aliphatic carbocycles. The van der Waals surface area contributed by atoms with Crippen molar-refractivity contribution in [2.45, 2.75) is 67.7 Å². The fraction of sp³-hybridized carbons (Fsp3) is 0.765. The molecule has 0 aliphatic heterocycles. The van der Waals surface area contributed by atoms with Crippen molar-refractivity contribution in [2.75, 3.05) is 0 Å². The molecule has 2 nitrogen and oxygen atoms in total. The van der Waals surface area contributed by atoms with Gasteiger partial charge in [-0.3, -0.25) is 0 Å². The monoisotopic (exact) mass is 262 g/mol. The van der Waals surface area contributed by atoms with Crippen molar-refractivity contribution in [2.24, 2.45) is 16.2 Å². The Labute approximate surface area is 119 Å². The lowest BCUT2D eigenvalue weighted by molar-refractivity contribution is -0.0478. The average molecular weight is 262 g/mol. The molecule has 0 N–H and O–H groups in total. The molecule has 0 spiro atoms. The minimum atomic E-state index is -0.0457. The fourth-order valence-electron chi connectivity index (χ4n) is 5.04.